The van der Waals surface area contributed by atoms with Crippen LogP contribution in [0, 0.1) is 0 Å². The molecule has 112 valence electrons. The standard InChI is InChI=1S/C17H26BrNO/c1-2-10-19-12-14-8-9-15(17(18)11-14)13-20-16-6-4-3-5-7-16/h8-9,11,16,19H,2-7,10,12-13H2,1H3. The number of hydrogen-bond donors (Lipinski definition) is 1. The van der Waals surface area contributed by atoms with E-state index in [1.165, 1.54) is 54.1 Å². The van der Waals surface area contributed by atoms with E-state index in [4.69, 9.17) is 4.74 Å². The van der Waals surface area contributed by atoms with Crippen molar-refractivity contribution in [2.24, 2.45) is 0 Å². The highest BCUT2D eigenvalue weighted by atomic mass is 79.9. The summed E-state index contributed by atoms with van der Waals surface area (Å²) in [5.74, 6) is 0. The van der Waals surface area contributed by atoms with Crippen molar-refractivity contribution in [1.82, 2.24) is 5.32 Å². The average Bonchev–Trinajstić information content (AvgIpc) is 2.48. The van der Waals surface area contributed by atoms with Crippen LogP contribution in [0.3, 0.4) is 0 Å². The van der Waals surface area contributed by atoms with Gasteiger partial charge in [0.05, 0.1) is 12.7 Å². The summed E-state index contributed by atoms with van der Waals surface area (Å²) in [5.41, 5.74) is 2.58. The summed E-state index contributed by atoms with van der Waals surface area (Å²) < 4.78 is 7.21. The molecule has 2 rings (SSSR count). The highest BCUT2D eigenvalue weighted by Crippen LogP contribution is 2.24. The molecule has 0 aliphatic heterocycles. The molecule has 0 amide bonds. The molecule has 0 saturated heterocycles. The molecule has 0 unspecified atom stereocenters. The van der Waals surface area contributed by atoms with E-state index < -0.39 is 0 Å². The average molecular weight is 340 g/mol. The Bertz CT molecular complexity index is 402. The summed E-state index contributed by atoms with van der Waals surface area (Å²) in [4.78, 5) is 0. The third-order valence-corrected chi connectivity index (χ3v) is 4.64. The van der Waals surface area contributed by atoms with E-state index in [0.717, 1.165) is 19.7 Å². The summed E-state index contributed by atoms with van der Waals surface area (Å²) in [6.07, 6.45) is 8.15. The Morgan fingerprint density at radius 2 is 2.05 bits per heavy atom. The smallest absolute Gasteiger partial charge is 0.0731 e. The second-order valence-corrected chi connectivity index (χ2v) is 6.53. The lowest BCUT2D eigenvalue weighted by Gasteiger charge is -2.22. The van der Waals surface area contributed by atoms with Crippen molar-refractivity contribution in [3.8, 4) is 0 Å². The molecule has 1 aromatic rings. The zero-order valence-corrected chi connectivity index (χ0v) is 14.0. The number of benzene rings is 1. The van der Waals surface area contributed by atoms with Gasteiger partial charge in [-0.05, 0) is 43.0 Å². The minimum absolute atomic E-state index is 0.474. The van der Waals surface area contributed by atoms with Gasteiger partial charge < -0.3 is 10.1 Å². The van der Waals surface area contributed by atoms with Crippen LogP contribution in [0.4, 0.5) is 0 Å². The van der Waals surface area contributed by atoms with E-state index in [1.54, 1.807) is 0 Å². The Morgan fingerprint density at radius 1 is 1.25 bits per heavy atom. The molecule has 1 saturated carbocycles. The largest absolute Gasteiger partial charge is 0.374 e. The van der Waals surface area contributed by atoms with Crippen molar-refractivity contribution < 1.29 is 4.74 Å². The lowest BCUT2D eigenvalue weighted by molar-refractivity contribution is 0.0166. The van der Waals surface area contributed by atoms with Crippen molar-refractivity contribution in [1.29, 1.82) is 0 Å². The summed E-state index contributed by atoms with van der Waals surface area (Å²) in [7, 11) is 0. The summed E-state index contributed by atoms with van der Waals surface area (Å²) in [5, 5.41) is 3.43. The number of nitrogens with one attached hydrogen (secondary N) is 1. The van der Waals surface area contributed by atoms with Gasteiger partial charge in [-0.1, -0.05) is 54.2 Å². The molecule has 1 fully saturated rings. The van der Waals surface area contributed by atoms with Crippen LogP contribution in [0.5, 0.6) is 0 Å². The van der Waals surface area contributed by atoms with Gasteiger partial charge in [0.15, 0.2) is 0 Å². The fourth-order valence-electron chi connectivity index (χ4n) is 2.67. The van der Waals surface area contributed by atoms with Gasteiger partial charge in [-0.25, -0.2) is 0 Å². The minimum atomic E-state index is 0.474. The van der Waals surface area contributed by atoms with Gasteiger partial charge in [-0.3, -0.25) is 0 Å². The second kappa shape index (κ2) is 8.81. The van der Waals surface area contributed by atoms with E-state index in [2.05, 4.69) is 46.4 Å². The Balaban J connectivity index is 1.82. The Kier molecular flexibility index (Phi) is 7.05. The molecule has 0 radical (unpaired) electrons. The maximum Gasteiger partial charge on any atom is 0.0731 e. The van der Waals surface area contributed by atoms with Crippen molar-refractivity contribution in [2.75, 3.05) is 6.54 Å². The van der Waals surface area contributed by atoms with Gasteiger partial charge in [0.2, 0.25) is 0 Å². The monoisotopic (exact) mass is 339 g/mol. The molecular formula is C17H26BrNO. The van der Waals surface area contributed by atoms with E-state index in [-0.39, 0.29) is 0 Å². The van der Waals surface area contributed by atoms with Crippen LogP contribution in [0.15, 0.2) is 22.7 Å². The van der Waals surface area contributed by atoms with Crippen LogP contribution in [-0.4, -0.2) is 12.6 Å². The highest BCUT2D eigenvalue weighted by molar-refractivity contribution is 9.10. The number of hydrogen-bond acceptors (Lipinski definition) is 2. The van der Waals surface area contributed by atoms with Gasteiger partial charge in [0.1, 0.15) is 0 Å². The van der Waals surface area contributed by atoms with Crippen LogP contribution in [0.25, 0.3) is 0 Å². The predicted octanol–water partition coefficient (Wildman–Crippen LogP) is 4.80. The SMILES string of the molecule is CCCNCc1ccc(COC2CCCCC2)c(Br)c1. The molecule has 0 bridgehead atoms. The minimum Gasteiger partial charge on any atom is -0.374 e. The first-order valence-corrected chi connectivity index (χ1v) is 8.68. The fraction of sp³-hybridized carbons (Fsp3) is 0.647. The summed E-state index contributed by atoms with van der Waals surface area (Å²) in [6, 6.07) is 6.60. The third-order valence-electron chi connectivity index (χ3n) is 3.90. The maximum absolute atomic E-state index is 6.04. The molecule has 0 spiro atoms. The van der Waals surface area contributed by atoms with E-state index in [1.807, 2.05) is 0 Å². The molecule has 20 heavy (non-hydrogen) atoms. The number of rotatable bonds is 7. The normalized spacial score (nSPS) is 16.5. The van der Waals surface area contributed by atoms with Crippen LogP contribution in [-0.2, 0) is 17.9 Å². The lowest BCUT2D eigenvalue weighted by atomic mass is 9.98. The van der Waals surface area contributed by atoms with Gasteiger partial charge in [0.25, 0.3) is 0 Å². The first kappa shape index (κ1) is 16.0. The van der Waals surface area contributed by atoms with Crippen LogP contribution < -0.4 is 5.32 Å². The Labute approximate surface area is 131 Å². The first-order valence-electron chi connectivity index (χ1n) is 7.89. The molecular weight excluding hydrogens is 314 g/mol. The molecule has 1 aliphatic rings. The van der Waals surface area contributed by atoms with Gasteiger partial charge >= 0.3 is 0 Å². The summed E-state index contributed by atoms with van der Waals surface area (Å²) in [6.45, 7) is 4.93. The number of halogens is 1. The van der Waals surface area contributed by atoms with Crippen LogP contribution in [0.2, 0.25) is 0 Å². The van der Waals surface area contributed by atoms with Gasteiger partial charge in [-0.2, -0.15) is 0 Å². The fourth-order valence-corrected chi connectivity index (χ4v) is 3.21. The predicted molar refractivity (Wildman–Crippen MR) is 87.8 cm³/mol. The molecule has 0 aromatic heterocycles. The Morgan fingerprint density at radius 3 is 2.75 bits per heavy atom. The highest BCUT2D eigenvalue weighted by Gasteiger charge is 2.14. The molecule has 0 atom stereocenters. The zero-order valence-electron chi connectivity index (χ0n) is 12.5. The maximum atomic E-state index is 6.04. The molecule has 1 aliphatic carbocycles. The molecule has 3 heteroatoms. The third kappa shape index (κ3) is 5.19. The van der Waals surface area contributed by atoms with E-state index in [9.17, 15) is 0 Å². The second-order valence-electron chi connectivity index (χ2n) is 5.67. The first-order chi connectivity index (χ1) is 9.79. The van der Waals surface area contributed by atoms with E-state index in [0.29, 0.717) is 6.10 Å². The quantitative estimate of drug-likeness (QED) is 0.720. The van der Waals surface area contributed by atoms with Crippen LogP contribution in [0.1, 0.15) is 56.6 Å². The topological polar surface area (TPSA) is 21.3 Å². The lowest BCUT2D eigenvalue weighted by Crippen LogP contribution is -2.16. The van der Waals surface area contributed by atoms with Crippen LogP contribution >= 0.6 is 15.9 Å². The molecule has 0 heterocycles. The van der Waals surface area contributed by atoms with Gasteiger partial charge in [0, 0.05) is 11.0 Å². The van der Waals surface area contributed by atoms with Crippen molar-refractivity contribution in [3.63, 3.8) is 0 Å². The number of ether oxygens (including phenoxy) is 1. The van der Waals surface area contributed by atoms with Gasteiger partial charge in [-0.15, -0.1) is 0 Å². The van der Waals surface area contributed by atoms with E-state index >= 15 is 0 Å². The summed E-state index contributed by atoms with van der Waals surface area (Å²) >= 11 is 3.67. The molecule has 1 N–H and O–H groups in total. The zero-order chi connectivity index (χ0) is 14.2. The Hall–Kier alpha value is -0.380. The van der Waals surface area contributed by atoms with Crippen molar-refractivity contribution in [2.45, 2.75) is 64.7 Å². The van der Waals surface area contributed by atoms with Crippen molar-refractivity contribution in [3.05, 3.63) is 33.8 Å². The van der Waals surface area contributed by atoms with Crippen molar-refractivity contribution >= 4 is 15.9 Å². The molecule has 1 aromatic carbocycles. The molecule has 2 nitrogen and oxygen atoms in total.